The molecule has 0 radical (unpaired) electrons. The highest BCUT2D eigenvalue weighted by atomic mass is 16.5. The Morgan fingerprint density at radius 2 is 2.05 bits per heavy atom. The van der Waals surface area contributed by atoms with Crippen molar-refractivity contribution in [1.82, 2.24) is 14.0 Å². The molecule has 1 aromatic heterocycles. The van der Waals surface area contributed by atoms with Gasteiger partial charge in [0.2, 0.25) is 0 Å². The van der Waals surface area contributed by atoms with Crippen LogP contribution in [-0.4, -0.2) is 39.2 Å². The highest BCUT2D eigenvalue weighted by molar-refractivity contribution is 5.76. The Morgan fingerprint density at radius 3 is 2.71 bits per heavy atom. The molecular formula is C14H21N3O4. The van der Waals surface area contributed by atoms with Crippen LogP contribution in [-0.2, 0) is 30.2 Å². The van der Waals surface area contributed by atoms with Gasteiger partial charge in [0.25, 0.3) is 5.56 Å². The van der Waals surface area contributed by atoms with E-state index in [1.165, 1.54) is 17.7 Å². The van der Waals surface area contributed by atoms with E-state index in [0.29, 0.717) is 18.8 Å². The van der Waals surface area contributed by atoms with E-state index < -0.39 is 0 Å². The number of hydrogen-bond acceptors (Lipinski definition) is 5. The molecule has 1 aliphatic rings. The summed E-state index contributed by atoms with van der Waals surface area (Å²) in [5.41, 5.74) is -0.0799. The minimum atomic E-state index is -0.357. The minimum absolute atomic E-state index is 0.233. The first kappa shape index (κ1) is 15.5. The van der Waals surface area contributed by atoms with Gasteiger partial charge in [-0.1, -0.05) is 0 Å². The van der Waals surface area contributed by atoms with Crippen molar-refractivity contribution in [2.24, 2.45) is 14.1 Å². The summed E-state index contributed by atoms with van der Waals surface area (Å²) in [7, 11) is 3.08. The molecule has 21 heavy (non-hydrogen) atoms. The summed E-state index contributed by atoms with van der Waals surface area (Å²) in [5, 5.41) is 0. The molecule has 0 amide bonds. The zero-order valence-corrected chi connectivity index (χ0v) is 12.7. The SMILES string of the molecule is CCOC(=O)C1CCCN1Cc1cc(=O)n(C)c(=O)n1C. The predicted octanol–water partition coefficient (Wildman–Crippen LogP) is -0.388. The van der Waals surface area contributed by atoms with Crippen LogP contribution >= 0.6 is 0 Å². The van der Waals surface area contributed by atoms with Gasteiger partial charge in [-0.15, -0.1) is 0 Å². The zero-order valence-electron chi connectivity index (χ0n) is 12.7. The molecule has 1 fully saturated rings. The molecule has 0 aromatic carbocycles. The van der Waals surface area contributed by atoms with Crippen molar-refractivity contribution in [2.75, 3.05) is 13.2 Å². The van der Waals surface area contributed by atoms with Crippen molar-refractivity contribution in [1.29, 1.82) is 0 Å². The summed E-state index contributed by atoms with van der Waals surface area (Å²) < 4.78 is 7.59. The Hall–Kier alpha value is -1.89. The monoisotopic (exact) mass is 295 g/mol. The Morgan fingerprint density at radius 1 is 1.33 bits per heavy atom. The van der Waals surface area contributed by atoms with E-state index in [0.717, 1.165) is 24.0 Å². The lowest BCUT2D eigenvalue weighted by atomic mass is 10.2. The molecule has 7 nitrogen and oxygen atoms in total. The summed E-state index contributed by atoms with van der Waals surface area (Å²) in [4.78, 5) is 37.5. The van der Waals surface area contributed by atoms with E-state index in [-0.39, 0.29) is 23.3 Å². The van der Waals surface area contributed by atoms with Crippen molar-refractivity contribution >= 4 is 5.97 Å². The van der Waals surface area contributed by atoms with Gasteiger partial charge in [0, 0.05) is 32.4 Å². The van der Waals surface area contributed by atoms with Gasteiger partial charge in [0.1, 0.15) is 6.04 Å². The molecular weight excluding hydrogens is 274 g/mol. The lowest BCUT2D eigenvalue weighted by Gasteiger charge is -2.23. The molecule has 1 unspecified atom stereocenters. The fraction of sp³-hybridized carbons (Fsp3) is 0.643. The fourth-order valence-electron chi connectivity index (χ4n) is 2.66. The normalized spacial score (nSPS) is 18.9. The van der Waals surface area contributed by atoms with E-state index in [1.807, 2.05) is 4.90 Å². The van der Waals surface area contributed by atoms with Gasteiger partial charge >= 0.3 is 11.7 Å². The van der Waals surface area contributed by atoms with Crippen LogP contribution in [0.4, 0.5) is 0 Å². The zero-order chi connectivity index (χ0) is 15.6. The molecule has 2 rings (SSSR count). The van der Waals surface area contributed by atoms with Crippen molar-refractivity contribution < 1.29 is 9.53 Å². The highest BCUT2D eigenvalue weighted by Gasteiger charge is 2.32. The number of aromatic nitrogens is 2. The number of esters is 1. The number of rotatable bonds is 4. The number of ether oxygens (including phenoxy) is 1. The average molecular weight is 295 g/mol. The summed E-state index contributed by atoms with van der Waals surface area (Å²) in [6.07, 6.45) is 1.65. The molecule has 1 aliphatic heterocycles. The van der Waals surface area contributed by atoms with Crippen molar-refractivity contribution in [3.8, 4) is 0 Å². The Balaban J connectivity index is 2.24. The van der Waals surface area contributed by atoms with E-state index >= 15 is 0 Å². The van der Waals surface area contributed by atoms with Gasteiger partial charge in [-0.05, 0) is 26.3 Å². The van der Waals surface area contributed by atoms with Crippen molar-refractivity contribution in [3.63, 3.8) is 0 Å². The third-order valence-electron chi connectivity index (χ3n) is 3.91. The molecule has 1 atom stereocenters. The summed E-state index contributed by atoms with van der Waals surface area (Å²) >= 11 is 0. The Bertz CT molecular complexity index is 647. The molecule has 1 saturated heterocycles. The van der Waals surface area contributed by atoms with Gasteiger partial charge in [-0.25, -0.2) is 4.79 Å². The lowest BCUT2D eigenvalue weighted by molar-refractivity contribution is -0.148. The van der Waals surface area contributed by atoms with Crippen LogP contribution in [0, 0.1) is 0 Å². The third-order valence-corrected chi connectivity index (χ3v) is 3.91. The smallest absolute Gasteiger partial charge is 0.330 e. The van der Waals surface area contributed by atoms with Crippen LogP contribution in [0.25, 0.3) is 0 Å². The van der Waals surface area contributed by atoms with Gasteiger partial charge in [-0.2, -0.15) is 0 Å². The van der Waals surface area contributed by atoms with Crippen LogP contribution in [0.15, 0.2) is 15.7 Å². The largest absolute Gasteiger partial charge is 0.465 e. The first-order chi connectivity index (χ1) is 9.95. The fourth-order valence-corrected chi connectivity index (χ4v) is 2.66. The van der Waals surface area contributed by atoms with Crippen LogP contribution in [0.1, 0.15) is 25.5 Å². The summed E-state index contributed by atoms with van der Waals surface area (Å²) in [5.74, 6) is -0.233. The van der Waals surface area contributed by atoms with Gasteiger partial charge < -0.3 is 4.74 Å². The highest BCUT2D eigenvalue weighted by Crippen LogP contribution is 2.20. The molecule has 0 bridgehead atoms. The van der Waals surface area contributed by atoms with Gasteiger partial charge in [-0.3, -0.25) is 23.6 Å². The second kappa shape index (κ2) is 6.26. The molecule has 0 aliphatic carbocycles. The van der Waals surface area contributed by atoms with Crippen molar-refractivity contribution in [3.05, 3.63) is 32.6 Å². The molecule has 2 heterocycles. The molecule has 7 heteroatoms. The number of nitrogens with zero attached hydrogens (tertiary/aromatic N) is 3. The first-order valence-corrected chi connectivity index (χ1v) is 7.12. The molecule has 1 aromatic rings. The van der Waals surface area contributed by atoms with E-state index in [2.05, 4.69) is 0 Å². The van der Waals surface area contributed by atoms with Crippen molar-refractivity contribution in [2.45, 2.75) is 32.4 Å². The average Bonchev–Trinajstić information content (AvgIpc) is 2.91. The standard InChI is InChI=1S/C14H21N3O4/c1-4-21-13(19)11-6-5-7-17(11)9-10-8-12(18)16(3)14(20)15(10)2/h8,11H,4-7,9H2,1-3H3. The number of hydrogen-bond donors (Lipinski definition) is 0. The molecule has 0 N–H and O–H groups in total. The topological polar surface area (TPSA) is 73.5 Å². The minimum Gasteiger partial charge on any atom is -0.465 e. The van der Waals surface area contributed by atoms with Gasteiger partial charge in [0.15, 0.2) is 0 Å². The number of carbonyl (C=O) groups is 1. The summed E-state index contributed by atoms with van der Waals surface area (Å²) in [6, 6.07) is 1.16. The summed E-state index contributed by atoms with van der Waals surface area (Å²) in [6.45, 7) is 3.29. The number of carbonyl (C=O) groups excluding carboxylic acids is 1. The Kier molecular flexibility index (Phi) is 4.62. The van der Waals surface area contributed by atoms with Crippen LogP contribution in [0.2, 0.25) is 0 Å². The van der Waals surface area contributed by atoms with Crippen LogP contribution in [0.3, 0.4) is 0 Å². The lowest BCUT2D eigenvalue weighted by Crippen LogP contribution is -2.42. The first-order valence-electron chi connectivity index (χ1n) is 7.12. The van der Waals surface area contributed by atoms with Gasteiger partial charge in [0.05, 0.1) is 6.61 Å². The third kappa shape index (κ3) is 3.07. The number of likely N-dealkylation sites (tertiary alicyclic amines) is 1. The maximum absolute atomic E-state index is 11.9. The maximum atomic E-state index is 11.9. The predicted molar refractivity (Wildman–Crippen MR) is 77.0 cm³/mol. The molecule has 0 saturated carbocycles. The quantitative estimate of drug-likeness (QED) is 0.707. The van der Waals surface area contributed by atoms with E-state index in [4.69, 9.17) is 4.74 Å². The Labute approximate surface area is 122 Å². The molecule has 116 valence electrons. The second-order valence-corrected chi connectivity index (χ2v) is 5.26. The molecule has 0 spiro atoms. The van der Waals surface area contributed by atoms with E-state index in [1.54, 1.807) is 14.0 Å². The van der Waals surface area contributed by atoms with E-state index in [9.17, 15) is 14.4 Å². The van der Waals surface area contributed by atoms with Crippen LogP contribution in [0.5, 0.6) is 0 Å². The second-order valence-electron chi connectivity index (χ2n) is 5.26. The van der Waals surface area contributed by atoms with Crippen LogP contribution < -0.4 is 11.2 Å². The maximum Gasteiger partial charge on any atom is 0.330 e.